The fourth-order valence-corrected chi connectivity index (χ4v) is 1.05. The van der Waals surface area contributed by atoms with Crippen molar-refractivity contribution in [3.8, 4) is 0 Å². The van der Waals surface area contributed by atoms with Crippen LogP contribution in [0.3, 0.4) is 0 Å². The molecule has 0 aromatic heterocycles. The topological polar surface area (TPSA) is 81.5 Å². The molecular formula is C9H11N3O. The highest BCUT2D eigenvalue weighted by molar-refractivity contribution is 6.02. The number of para-hydroxylation sites is 1. The minimum Gasteiger partial charge on any atom is -0.398 e. The summed E-state index contributed by atoms with van der Waals surface area (Å²) in [4.78, 5) is 14.7. The molecule has 0 bridgehead atoms. The van der Waals surface area contributed by atoms with Gasteiger partial charge < -0.3 is 11.5 Å². The monoisotopic (exact) mass is 177 g/mol. The third kappa shape index (κ3) is 1.84. The number of hydrogen-bond donors (Lipinski definition) is 2. The van der Waals surface area contributed by atoms with Crippen LogP contribution in [-0.2, 0) is 0 Å². The molecule has 1 rings (SSSR count). The Kier molecular flexibility index (Phi) is 2.64. The van der Waals surface area contributed by atoms with Crippen LogP contribution in [0.15, 0.2) is 23.2 Å². The summed E-state index contributed by atoms with van der Waals surface area (Å²) in [7, 11) is 1.64. The SMILES string of the molecule is CN=Cc1cccc(C(N)=O)c1N. The van der Waals surface area contributed by atoms with Crippen molar-refractivity contribution in [3.63, 3.8) is 0 Å². The maximum Gasteiger partial charge on any atom is 0.250 e. The van der Waals surface area contributed by atoms with Gasteiger partial charge in [-0.2, -0.15) is 0 Å². The number of nitrogen functional groups attached to an aromatic ring is 1. The average molecular weight is 177 g/mol. The van der Waals surface area contributed by atoms with Crippen molar-refractivity contribution in [2.45, 2.75) is 0 Å². The molecular weight excluding hydrogens is 166 g/mol. The number of amides is 1. The highest BCUT2D eigenvalue weighted by atomic mass is 16.1. The summed E-state index contributed by atoms with van der Waals surface area (Å²) in [6.07, 6.45) is 1.59. The van der Waals surface area contributed by atoms with Crippen molar-refractivity contribution >= 4 is 17.8 Å². The van der Waals surface area contributed by atoms with Gasteiger partial charge in [0.1, 0.15) is 0 Å². The Morgan fingerprint density at radius 3 is 2.77 bits per heavy atom. The lowest BCUT2D eigenvalue weighted by molar-refractivity contribution is 0.100. The number of nitrogens with zero attached hydrogens (tertiary/aromatic N) is 1. The van der Waals surface area contributed by atoms with Crippen molar-refractivity contribution < 1.29 is 4.79 Å². The molecule has 0 spiro atoms. The Morgan fingerprint density at radius 1 is 1.54 bits per heavy atom. The van der Waals surface area contributed by atoms with Crippen LogP contribution in [0, 0.1) is 0 Å². The summed E-state index contributed by atoms with van der Waals surface area (Å²) in [6, 6.07) is 5.08. The van der Waals surface area contributed by atoms with Gasteiger partial charge in [-0.05, 0) is 6.07 Å². The first kappa shape index (κ1) is 9.25. The van der Waals surface area contributed by atoms with E-state index in [1.165, 1.54) is 0 Å². The quantitative estimate of drug-likeness (QED) is 0.507. The lowest BCUT2D eigenvalue weighted by Gasteiger charge is -2.03. The minimum atomic E-state index is -0.524. The number of benzene rings is 1. The van der Waals surface area contributed by atoms with Gasteiger partial charge in [0, 0.05) is 18.8 Å². The fraction of sp³-hybridized carbons (Fsp3) is 0.111. The van der Waals surface area contributed by atoms with E-state index in [2.05, 4.69) is 4.99 Å². The fourth-order valence-electron chi connectivity index (χ4n) is 1.05. The molecule has 4 nitrogen and oxygen atoms in total. The highest BCUT2D eigenvalue weighted by Gasteiger charge is 2.07. The van der Waals surface area contributed by atoms with Gasteiger partial charge in [-0.25, -0.2) is 0 Å². The zero-order valence-electron chi connectivity index (χ0n) is 7.32. The summed E-state index contributed by atoms with van der Waals surface area (Å²) >= 11 is 0. The van der Waals surface area contributed by atoms with Crippen LogP contribution < -0.4 is 11.5 Å². The molecule has 1 aromatic rings. The van der Waals surface area contributed by atoms with Gasteiger partial charge in [-0.1, -0.05) is 12.1 Å². The zero-order valence-corrected chi connectivity index (χ0v) is 7.32. The van der Waals surface area contributed by atoms with Crippen molar-refractivity contribution in [3.05, 3.63) is 29.3 Å². The highest BCUT2D eigenvalue weighted by Crippen LogP contribution is 2.14. The lowest BCUT2D eigenvalue weighted by atomic mass is 10.1. The molecule has 0 unspecified atom stereocenters. The van der Waals surface area contributed by atoms with Crippen LogP contribution in [0.5, 0.6) is 0 Å². The van der Waals surface area contributed by atoms with Crippen molar-refractivity contribution in [1.29, 1.82) is 0 Å². The second kappa shape index (κ2) is 3.71. The predicted molar refractivity (Wildman–Crippen MR) is 52.9 cm³/mol. The molecule has 0 fully saturated rings. The molecule has 1 aromatic carbocycles. The average Bonchev–Trinajstić information content (AvgIpc) is 2.08. The van der Waals surface area contributed by atoms with Gasteiger partial charge in [0.05, 0.1) is 11.3 Å². The van der Waals surface area contributed by atoms with Gasteiger partial charge in [0.2, 0.25) is 0 Å². The van der Waals surface area contributed by atoms with Crippen LogP contribution in [-0.4, -0.2) is 19.2 Å². The minimum absolute atomic E-state index is 0.331. The smallest absolute Gasteiger partial charge is 0.250 e. The molecule has 0 atom stereocenters. The van der Waals surface area contributed by atoms with E-state index in [-0.39, 0.29) is 0 Å². The summed E-state index contributed by atoms with van der Waals surface area (Å²) in [5, 5.41) is 0. The maximum absolute atomic E-state index is 10.9. The number of hydrogen-bond acceptors (Lipinski definition) is 3. The molecule has 0 aliphatic rings. The zero-order chi connectivity index (χ0) is 9.84. The Labute approximate surface area is 76.3 Å². The summed E-state index contributed by atoms with van der Waals surface area (Å²) < 4.78 is 0. The largest absolute Gasteiger partial charge is 0.398 e. The molecule has 0 aliphatic heterocycles. The molecule has 0 saturated carbocycles. The van der Waals surface area contributed by atoms with E-state index in [0.717, 1.165) is 0 Å². The van der Waals surface area contributed by atoms with Crippen LogP contribution in [0.2, 0.25) is 0 Å². The number of primary amides is 1. The van der Waals surface area contributed by atoms with E-state index < -0.39 is 5.91 Å². The first-order valence-electron chi connectivity index (χ1n) is 3.77. The van der Waals surface area contributed by atoms with Crippen LogP contribution in [0.4, 0.5) is 5.69 Å². The number of aliphatic imine (C=N–C) groups is 1. The summed E-state index contributed by atoms with van der Waals surface area (Å²) in [6.45, 7) is 0. The number of carbonyl (C=O) groups excluding carboxylic acids is 1. The summed E-state index contributed by atoms with van der Waals surface area (Å²) in [5.41, 5.74) is 12.2. The molecule has 13 heavy (non-hydrogen) atoms. The first-order chi connectivity index (χ1) is 6.16. The van der Waals surface area contributed by atoms with Gasteiger partial charge in [-0.15, -0.1) is 0 Å². The van der Waals surface area contributed by atoms with E-state index in [0.29, 0.717) is 16.8 Å². The van der Waals surface area contributed by atoms with E-state index >= 15 is 0 Å². The standard InChI is InChI=1S/C9H11N3O/c1-12-5-6-3-2-4-7(8(6)10)9(11)13/h2-5H,10H2,1H3,(H2,11,13). The van der Waals surface area contributed by atoms with E-state index in [4.69, 9.17) is 11.5 Å². The number of anilines is 1. The number of rotatable bonds is 2. The second-order valence-corrected chi connectivity index (χ2v) is 2.56. The van der Waals surface area contributed by atoms with Gasteiger partial charge >= 0.3 is 0 Å². The molecule has 68 valence electrons. The van der Waals surface area contributed by atoms with Crippen LogP contribution >= 0.6 is 0 Å². The number of nitrogens with two attached hydrogens (primary N) is 2. The molecule has 0 heterocycles. The first-order valence-corrected chi connectivity index (χ1v) is 3.77. The Morgan fingerprint density at radius 2 is 2.23 bits per heavy atom. The second-order valence-electron chi connectivity index (χ2n) is 2.56. The van der Waals surface area contributed by atoms with E-state index in [1.54, 1.807) is 31.5 Å². The molecule has 0 radical (unpaired) electrons. The maximum atomic E-state index is 10.9. The molecule has 4 heteroatoms. The third-order valence-electron chi connectivity index (χ3n) is 1.67. The predicted octanol–water partition coefficient (Wildman–Crippen LogP) is 0.416. The van der Waals surface area contributed by atoms with Gasteiger partial charge in [-0.3, -0.25) is 9.79 Å². The number of carbonyl (C=O) groups is 1. The van der Waals surface area contributed by atoms with E-state index in [1.807, 2.05) is 0 Å². The normalized spacial score (nSPS) is 10.5. The Balaban J connectivity index is 3.26. The molecule has 1 amide bonds. The molecule has 4 N–H and O–H groups in total. The Bertz CT molecular complexity index is 358. The summed E-state index contributed by atoms with van der Waals surface area (Å²) in [5.74, 6) is -0.524. The Hall–Kier alpha value is -1.84. The van der Waals surface area contributed by atoms with Crippen molar-refractivity contribution in [1.82, 2.24) is 0 Å². The van der Waals surface area contributed by atoms with Crippen molar-refractivity contribution in [2.24, 2.45) is 10.7 Å². The van der Waals surface area contributed by atoms with Gasteiger partial charge in [0.15, 0.2) is 0 Å². The van der Waals surface area contributed by atoms with Crippen LogP contribution in [0.25, 0.3) is 0 Å². The third-order valence-corrected chi connectivity index (χ3v) is 1.67. The lowest BCUT2D eigenvalue weighted by Crippen LogP contribution is -2.14. The van der Waals surface area contributed by atoms with Crippen molar-refractivity contribution in [2.75, 3.05) is 12.8 Å². The molecule has 0 aliphatic carbocycles. The van der Waals surface area contributed by atoms with Gasteiger partial charge in [0.25, 0.3) is 5.91 Å². The van der Waals surface area contributed by atoms with E-state index in [9.17, 15) is 4.79 Å². The molecule has 0 saturated heterocycles. The van der Waals surface area contributed by atoms with Crippen LogP contribution in [0.1, 0.15) is 15.9 Å².